The number of benzene rings is 2. The van der Waals surface area contributed by atoms with Crippen molar-refractivity contribution in [2.45, 2.75) is 13.8 Å². The molecule has 30 heavy (non-hydrogen) atoms. The Morgan fingerprint density at radius 3 is 2.47 bits per heavy atom. The molecule has 9 heteroatoms. The van der Waals surface area contributed by atoms with Crippen molar-refractivity contribution in [3.05, 3.63) is 51.1 Å². The average Bonchev–Trinajstić information content (AvgIpc) is 2.73. The molecule has 1 N–H and O–H groups in total. The van der Waals surface area contributed by atoms with Crippen LogP contribution < -0.4 is 19.6 Å². The highest BCUT2D eigenvalue weighted by Gasteiger charge is 2.13. The summed E-state index contributed by atoms with van der Waals surface area (Å²) < 4.78 is 21.8. The Hall–Kier alpha value is -2.82. The van der Waals surface area contributed by atoms with Crippen LogP contribution in [0.5, 0.6) is 17.2 Å². The molecule has 0 bridgehead atoms. The molecule has 1 amide bonds. The van der Waals surface area contributed by atoms with Crippen LogP contribution in [-0.4, -0.2) is 45.0 Å². The lowest BCUT2D eigenvalue weighted by Crippen LogP contribution is -2.17. The summed E-state index contributed by atoms with van der Waals surface area (Å²) in [7, 11) is 1.50. The molecule has 0 aliphatic heterocycles. The molecular weight excluding hydrogens is 503 g/mol. The van der Waals surface area contributed by atoms with Crippen LogP contribution >= 0.6 is 22.6 Å². The molecular formula is C21H23IN2O6. The molecule has 0 aliphatic carbocycles. The van der Waals surface area contributed by atoms with Crippen molar-refractivity contribution >= 4 is 40.7 Å². The first kappa shape index (κ1) is 23.5. The summed E-state index contributed by atoms with van der Waals surface area (Å²) in [6.07, 6.45) is 1.49. The number of carbonyl (C=O) groups excluding carboxylic acids is 2. The molecule has 0 unspecified atom stereocenters. The van der Waals surface area contributed by atoms with E-state index < -0.39 is 5.97 Å². The second-order valence-corrected chi connectivity index (χ2v) is 6.95. The Bertz CT molecular complexity index is 899. The number of methoxy groups -OCH3 is 1. The summed E-state index contributed by atoms with van der Waals surface area (Å²) >= 11 is 2.07. The molecule has 0 heterocycles. The predicted molar refractivity (Wildman–Crippen MR) is 121 cm³/mol. The van der Waals surface area contributed by atoms with Crippen molar-refractivity contribution in [2.24, 2.45) is 5.10 Å². The maximum absolute atomic E-state index is 12.2. The lowest BCUT2D eigenvalue weighted by atomic mass is 10.2. The van der Waals surface area contributed by atoms with Gasteiger partial charge in [0.05, 0.1) is 30.1 Å². The third kappa shape index (κ3) is 6.90. The van der Waals surface area contributed by atoms with Gasteiger partial charge >= 0.3 is 5.97 Å². The molecule has 0 fully saturated rings. The largest absolute Gasteiger partial charge is 0.494 e. The summed E-state index contributed by atoms with van der Waals surface area (Å²) in [4.78, 5) is 23.7. The topological polar surface area (TPSA) is 95.5 Å². The van der Waals surface area contributed by atoms with Gasteiger partial charge in [0, 0.05) is 5.56 Å². The zero-order valence-corrected chi connectivity index (χ0v) is 19.1. The predicted octanol–water partition coefficient (Wildman–Crippen LogP) is 3.40. The van der Waals surface area contributed by atoms with Crippen LogP contribution in [-0.2, 0) is 9.53 Å². The Labute approximate surface area is 188 Å². The number of rotatable bonds is 10. The van der Waals surface area contributed by atoms with Gasteiger partial charge in [-0.2, -0.15) is 5.10 Å². The number of nitrogens with zero attached hydrogens (tertiary/aromatic N) is 1. The molecule has 0 radical (unpaired) electrons. The van der Waals surface area contributed by atoms with Crippen molar-refractivity contribution in [1.29, 1.82) is 0 Å². The lowest BCUT2D eigenvalue weighted by molar-refractivity contribution is -0.145. The number of hydrogen-bond donors (Lipinski definition) is 1. The minimum atomic E-state index is -0.460. The Balaban J connectivity index is 2.03. The highest BCUT2D eigenvalue weighted by Crippen LogP contribution is 2.33. The van der Waals surface area contributed by atoms with E-state index in [4.69, 9.17) is 18.9 Å². The number of halogens is 1. The van der Waals surface area contributed by atoms with E-state index >= 15 is 0 Å². The Morgan fingerprint density at radius 2 is 1.83 bits per heavy atom. The van der Waals surface area contributed by atoms with Gasteiger partial charge in [0.1, 0.15) is 5.75 Å². The number of carbonyl (C=O) groups is 2. The van der Waals surface area contributed by atoms with Crippen molar-refractivity contribution in [3.8, 4) is 17.2 Å². The highest BCUT2D eigenvalue weighted by atomic mass is 127. The van der Waals surface area contributed by atoms with Crippen molar-refractivity contribution in [3.63, 3.8) is 0 Å². The third-order valence-corrected chi connectivity index (χ3v) is 4.50. The van der Waals surface area contributed by atoms with Crippen LogP contribution in [0.3, 0.4) is 0 Å². The molecule has 160 valence electrons. The van der Waals surface area contributed by atoms with Gasteiger partial charge in [0.15, 0.2) is 18.1 Å². The number of nitrogens with one attached hydrogen (secondary N) is 1. The number of ether oxygens (including phenoxy) is 4. The van der Waals surface area contributed by atoms with E-state index in [1.54, 1.807) is 43.3 Å². The van der Waals surface area contributed by atoms with Gasteiger partial charge in [0.2, 0.25) is 0 Å². The Kier molecular flexibility index (Phi) is 9.39. The SMILES string of the molecule is CCOC(=O)COc1c(I)cc(/C=N/NC(=O)c2ccc(OCC)cc2)cc1OC. The van der Waals surface area contributed by atoms with Gasteiger partial charge in [0.25, 0.3) is 5.91 Å². The van der Waals surface area contributed by atoms with Gasteiger partial charge in [-0.1, -0.05) is 0 Å². The molecule has 8 nitrogen and oxygen atoms in total. The zero-order chi connectivity index (χ0) is 21.9. The quantitative estimate of drug-likeness (QED) is 0.221. The first-order valence-corrected chi connectivity index (χ1v) is 10.3. The van der Waals surface area contributed by atoms with Crippen molar-refractivity contribution in [2.75, 3.05) is 26.9 Å². The van der Waals surface area contributed by atoms with E-state index in [0.717, 1.165) is 3.57 Å². The van der Waals surface area contributed by atoms with Gasteiger partial charge in [-0.3, -0.25) is 4.79 Å². The maximum atomic E-state index is 12.2. The molecule has 2 aromatic carbocycles. The van der Waals surface area contributed by atoms with Crippen LogP contribution in [0.4, 0.5) is 0 Å². The summed E-state index contributed by atoms with van der Waals surface area (Å²) in [5.74, 6) is 0.764. The smallest absolute Gasteiger partial charge is 0.344 e. The van der Waals surface area contributed by atoms with E-state index in [0.29, 0.717) is 35.0 Å². The second-order valence-electron chi connectivity index (χ2n) is 5.78. The fourth-order valence-corrected chi connectivity index (χ4v) is 3.17. The van der Waals surface area contributed by atoms with Crippen LogP contribution in [0.1, 0.15) is 29.8 Å². The zero-order valence-electron chi connectivity index (χ0n) is 16.9. The lowest BCUT2D eigenvalue weighted by Gasteiger charge is -2.13. The van der Waals surface area contributed by atoms with Gasteiger partial charge < -0.3 is 18.9 Å². The van der Waals surface area contributed by atoms with Crippen LogP contribution in [0.2, 0.25) is 0 Å². The third-order valence-electron chi connectivity index (χ3n) is 3.70. The fourth-order valence-electron chi connectivity index (χ4n) is 2.39. The summed E-state index contributed by atoms with van der Waals surface area (Å²) in [5, 5.41) is 3.99. The van der Waals surface area contributed by atoms with E-state index in [9.17, 15) is 9.59 Å². The molecule has 0 saturated heterocycles. The van der Waals surface area contributed by atoms with Gasteiger partial charge in [-0.25, -0.2) is 10.2 Å². The normalized spacial score (nSPS) is 10.5. The van der Waals surface area contributed by atoms with Crippen molar-refractivity contribution < 1.29 is 28.5 Å². The summed E-state index contributed by atoms with van der Waals surface area (Å²) in [6.45, 7) is 4.25. The van der Waals surface area contributed by atoms with E-state index in [-0.39, 0.29) is 19.1 Å². The molecule has 0 spiro atoms. The van der Waals surface area contributed by atoms with Crippen LogP contribution in [0, 0.1) is 3.57 Å². The van der Waals surface area contributed by atoms with Gasteiger partial charge in [-0.05, 0) is 78.4 Å². The monoisotopic (exact) mass is 526 g/mol. The molecule has 0 atom stereocenters. The minimum Gasteiger partial charge on any atom is -0.494 e. The Morgan fingerprint density at radius 1 is 1.10 bits per heavy atom. The molecule has 0 aliphatic rings. The van der Waals surface area contributed by atoms with E-state index in [1.165, 1.54) is 13.3 Å². The fraction of sp³-hybridized carbons (Fsp3) is 0.286. The van der Waals surface area contributed by atoms with E-state index in [1.807, 2.05) is 6.92 Å². The highest BCUT2D eigenvalue weighted by molar-refractivity contribution is 14.1. The first-order chi connectivity index (χ1) is 14.5. The number of esters is 1. The maximum Gasteiger partial charge on any atom is 0.344 e. The van der Waals surface area contributed by atoms with E-state index in [2.05, 4.69) is 33.1 Å². The second kappa shape index (κ2) is 12.0. The van der Waals surface area contributed by atoms with Crippen LogP contribution in [0.25, 0.3) is 0 Å². The summed E-state index contributed by atoms with van der Waals surface area (Å²) in [6, 6.07) is 10.3. The average molecular weight is 526 g/mol. The van der Waals surface area contributed by atoms with Gasteiger partial charge in [-0.15, -0.1) is 0 Å². The standard InChI is InChI=1S/C21H23IN2O6/c1-4-28-16-8-6-15(7-9-16)21(26)24-23-12-14-10-17(22)20(18(11-14)27-3)30-13-19(25)29-5-2/h6-12H,4-5,13H2,1-3H3,(H,24,26)/b23-12+. The van der Waals surface area contributed by atoms with Crippen molar-refractivity contribution in [1.82, 2.24) is 5.43 Å². The number of hydrogen-bond acceptors (Lipinski definition) is 7. The summed E-state index contributed by atoms with van der Waals surface area (Å²) in [5.41, 5.74) is 3.63. The molecule has 0 saturated carbocycles. The minimum absolute atomic E-state index is 0.216. The molecule has 0 aromatic heterocycles. The molecule has 2 rings (SSSR count). The number of amides is 1. The van der Waals surface area contributed by atoms with Crippen LogP contribution in [0.15, 0.2) is 41.5 Å². The molecule has 2 aromatic rings. The first-order valence-electron chi connectivity index (χ1n) is 9.20. The number of hydrazone groups is 1.